The van der Waals surface area contributed by atoms with Crippen LogP contribution in [-0.4, -0.2) is 12.1 Å². The normalized spacial score (nSPS) is 19.9. The maximum atomic E-state index is 6.36. The maximum Gasteiger partial charge on any atom is 0.0300 e. The first-order chi connectivity index (χ1) is 7.68. The van der Waals surface area contributed by atoms with E-state index in [2.05, 4.69) is 32.7 Å². The molecule has 4 heteroatoms. The summed E-state index contributed by atoms with van der Waals surface area (Å²) in [5, 5.41) is 5.61. The first-order valence-electron chi connectivity index (χ1n) is 5.90. The quantitative estimate of drug-likeness (QED) is 0.896. The van der Waals surface area contributed by atoms with E-state index >= 15 is 0 Å². The van der Waals surface area contributed by atoms with E-state index in [1.165, 1.54) is 41.5 Å². The molecular weight excluding hydrogens is 284 g/mol. The van der Waals surface area contributed by atoms with E-state index in [1.807, 2.05) is 0 Å². The number of nitrogens with two attached hydrogens (primary N) is 1. The summed E-state index contributed by atoms with van der Waals surface area (Å²) in [7, 11) is 0. The van der Waals surface area contributed by atoms with Crippen molar-refractivity contribution < 1.29 is 0 Å². The predicted molar refractivity (Wildman–Crippen MR) is 73.7 cm³/mol. The molecule has 2 nitrogen and oxygen atoms in total. The molecule has 1 aliphatic rings. The Morgan fingerprint density at radius 3 is 2.75 bits per heavy atom. The highest BCUT2D eigenvalue weighted by Gasteiger charge is 2.26. The molecule has 2 rings (SSSR count). The smallest absolute Gasteiger partial charge is 0.0300 e. The van der Waals surface area contributed by atoms with Crippen molar-refractivity contribution in [3.63, 3.8) is 0 Å². The molecular formula is C12H19BrN2S. The summed E-state index contributed by atoms with van der Waals surface area (Å²) in [6.45, 7) is 1.89. The van der Waals surface area contributed by atoms with Crippen LogP contribution in [0.4, 0.5) is 0 Å². The third kappa shape index (κ3) is 3.55. The van der Waals surface area contributed by atoms with Crippen molar-refractivity contribution in [1.82, 2.24) is 5.32 Å². The SMILES string of the molecule is NC1(CNCc2cc(Br)cs2)CCCCC1. The molecule has 0 unspecified atom stereocenters. The van der Waals surface area contributed by atoms with Crippen LogP contribution in [0, 0.1) is 0 Å². The van der Waals surface area contributed by atoms with Gasteiger partial charge in [-0.05, 0) is 34.8 Å². The molecule has 0 aromatic carbocycles. The zero-order valence-electron chi connectivity index (χ0n) is 9.47. The van der Waals surface area contributed by atoms with Gasteiger partial charge in [-0.3, -0.25) is 0 Å². The Kier molecular flexibility index (Phi) is 4.41. The van der Waals surface area contributed by atoms with Gasteiger partial charge in [0.15, 0.2) is 0 Å². The lowest BCUT2D eigenvalue weighted by Gasteiger charge is -2.33. The summed E-state index contributed by atoms with van der Waals surface area (Å²) in [6.07, 6.45) is 6.30. The van der Waals surface area contributed by atoms with Crippen LogP contribution < -0.4 is 11.1 Å². The van der Waals surface area contributed by atoms with Crippen molar-refractivity contribution in [2.24, 2.45) is 5.73 Å². The minimum atomic E-state index is 0.0484. The standard InChI is InChI=1S/C12H19BrN2S/c13-10-6-11(16-8-10)7-15-9-12(14)4-2-1-3-5-12/h6,8,15H,1-5,7,9,14H2. The Morgan fingerprint density at radius 2 is 2.12 bits per heavy atom. The number of rotatable bonds is 4. The zero-order valence-corrected chi connectivity index (χ0v) is 11.9. The third-order valence-electron chi connectivity index (χ3n) is 3.25. The molecule has 0 saturated heterocycles. The lowest BCUT2D eigenvalue weighted by atomic mass is 9.82. The minimum absolute atomic E-state index is 0.0484. The van der Waals surface area contributed by atoms with Gasteiger partial charge >= 0.3 is 0 Å². The topological polar surface area (TPSA) is 38.0 Å². The number of hydrogen-bond donors (Lipinski definition) is 2. The van der Waals surface area contributed by atoms with E-state index < -0.39 is 0 Å². The molecule has 0 bridgehead atoms. The summed E-state index contributed by atoms with van der Waals surface area (Å²) in [6, 6.07) is 2.17. The van der Waals surface area contributed by atoms with Crippen molar-refractivity contribution >= 4 is 27.3 Å². The van der Waals surface area contributed by atoms with Gasteiger partial charge in [-0.15, -0.1) is 11.3 Å². The Hall–Kier alpha value is 0.1000. The summed E-state index contributed by atoms with van der Waals surface area (Å²) < 4.78 is 1.18. The van der Waals surface area contributed by atoms with Gasteiger partial charge in [-0.1, -0.05) is 19.3 Å². The number of thiophene rings is 1. The second-order valence-corrected chi connectivity index (χ2v) is 6.67. The first-order valence-corrected chi connectivity index (χ1v) is 7.58. The van der Waals surface area contributed by atoms with Gasteiger partial charge in [-0.25, -0.2) is 0 Å². The molecule has 90 valence electrons. The Morgan fingerprint density at radius 1 is 1.38 bits per heavy atom. The zero-order chi connectivity index (χ0) is 11.4. The number of hydrogen-bond acceptors (Lipinski definition) is 3. The highest BCUT2D eigenvalue weighted by Crippen LogP contribution is 2.25. The van der Waals surface area contributed by atoms with E-state index in [9.17, 15) is 0 Å². The largest absolute Gasteiger partial charge is 0.324 e. The Bertz CT molecular complexity index is 332. The highest BCUT2D eigenvalue weighted by molar-refractivity contribution is 9.10. The Labute approximate surface area is 110 Å². The van der Waals surface area contributed by atoms with Gasteiger partial charge in [0.25, 0.3) is 0 Å². The van der Waals surface area contributed by atoms with Crippen molar-refractivity contribution in [1.29, 1.82) is 0 Å². The molecule has 1 aliphatic carbocycles. The van der Waals surface area contributed by atoms with Gasteiger partial charge in [0.05, 0.1) is 0 Å². The lowest BCUT2D eigenvalue weighted by molar-refractivity contribution is 0.283. The molecule has 1 aromatic rings. The van der Waals surface area contributed by atoms with Crippen molar-refractivity contribution in [3.05, 3.63) is 20.8 Å². The summed E-state index contributed by atoms with van der Waals surface area (Å²) in [5.41, 5.74) is 6.41. The predicted octanol–water partition coefficient (Wildman–Crippen LogP) is 3.26. The molecule has 3 N–H and O–H groups in total. The average molecular weight is 303 g/mol. The summed E-state index contributed by atoms with van der Waals surface area (Å²) in [4.78, 5) is 1.37. The van der Waals surface area contributed by atoms with E-state index in [4.69, 9.17) is 5.73 Å². The number of halogens is 1. The second-order valence-electron chi connectivity index (χ2n) is 4.76. The summed E-state index contributed by atoms with van der Waals surface area (Å²) in [5.74, 6) is 0. The molecule has 0 amide bonds. The van der Waals surface area contributed by atoms with Gasteiger partial charge in [-0.2, -0.15) is 0 Å². The molecule has 1 fully saturated rings. The fourth-order valence-electron chi connectivity index (χ4n) is 2.31. The van der Waals surface area contributed by atoms with Crippen LogP contribution >= 0.6 is 27.3 Å². The van der Waals surface area contributed by atoms with Crippen LogP contribution in [0.25, 0.3) is 0 Å². The van der Waals surface area contributed by atoms with E-state index in [-0.39, 0.29) is 5.54 Å². The second kappa shape index (κ2) is 5.63. The van der Waals surface area contributed by atoms with Crippen LogP contribution in [0.2, 0.25) is 0 Å². The van der Waals surface area contributed by atoms with E-state index in [1.54, 1.807) is 11.3 Å². The van der Waals surface area contributed by atoms with Crippen LogP contribution in [0.3, 0.4) is 0 Å². The molecule has 1 heterocycles. The van der Waals surface area contributed by atoms with E-state index in [0.717, 1.165) is 13.1 Å². The number of nitrogens with one attached hydrogen (secondary N) is 1. The maximum absolute atomic E-state index is 6.36. The van der Waals surface area contributed by atoms with Gasteiger partial charge in [0.2, 0.25) is 0 Å². The van der Waals surface area contributed by atoms with Crippen molar-refractivity contribution in [2.45, 2.75) is 44.2 Å². The molecule has 0 aliphatic heterocycles. The van der Waals surface area contributed by atoms with Gasteiger partial charge < -0.3 is 11.1 Å². The first kappa shape index (κ1) is 12.6. The van der Waals surface area contributed by atoms with Crippen molar-refractivity contribution in [3.8, 4) is 0 Å². The molecule has 0 atom stereocenters. The van der Waals surface area contributed by atoms with Crippen LogP contribution in [0.1, 0.15) is 37.0 Å². The van der Waals surface area contributed by atoms with Crippen LogP contribution in [-0.2, 0) is 6.54 Å². The van der Waals surface area contributed by atoms with E-state index in [0.29, 0.717) is 0 Å². The highest BCUT2D eigenvalue weighted by atomic mass is 79.9. The van der Waals surface area contributed by atoms with Crippen LogP contribution in [0.15, 0.2) is 15.9 Å². The minimum Gasteiger partial charge on any atom is -0.324 e. The summed E-state index contributed by atoms with van der Waals surface area (Å²) >= 11 is 5.25. The molecule has 0 spiro atoms. The fourth-order valence-corrected chi connectivity index (χ4v) is 3.73. The lowest BCUT2D eigenvalue weighted by Crippen LogP contribution is -2.49. The van der Waals surface area contributed by atoms with Gasteiger partial charge in [0.1, 0.15) is 0 Å². The van der Waals surface area contributed by atoms with Crippen molar-refractivity contribution in [2.75, 3.05) is 6.54 Å². The molecule has 1 saturated carbocycles. The van der Waals surface area contributed by atoms with Crippen LogP contribution in [0.5, 0.6) is 0 Å². The molecule has 1 aromatic heterocycles. The molecule has 16 heavy (non-hydrogen) atoms. The third-order valence-corrected chi connectivity index (χ3v) is 4.95. The molecule has 0 radical (unpaired) electrons. The Balaban J connectivity index is 1.74. The fraction of sp³-hybridized carbons (Fsp3) is 0.667. The van der Waals surface area contributed by atoms with Gasteiger partial charge in [0, 0.05) is 33.4 Å². The monoisotopic (exact) mass is 302 g/mol. The average Bonchev–Trinajstić information content (AvgIpc) is 2.65.